The smallest absolute Gasteiger partial charge is 0.410 e. The minimum absolute atomic E-state index is 0.0194. The minimum Gasteiger partial charge on any atom is -0.445 e. The molecule has 0 unspecified atom stereocenters. The van der Waals surface area contributed by atoms with Crippen LogP contribution in [0.25, 0.3) is 0 Å². The highest BCUT2D eigenvalue weighted by molar-refractivity contribution is 5.94. The van der Waals surface area contributed by atoms with Crippen molar-refractivity contribution < 1.29 is 23.9 Å². The van der Waals surface area contributed by atoms with E-state index in [1.54, 1.807) is 21.9 Å². The van der Waals surface area contributed by atoms with Gasteiger partial charge in [0.1, 0.15) is 12.2 Å². The first kappa shape index (κ1) is 26.1. The van der Waals surface area contributed by atoms with Gasteiger partial charge in [0.25, 0.3) is 0 Å². The van der Waals surface area contributed by atoms with E-state index in [0.29, 0.717) is 38.2 Å². The molecule has 1 atom stereocenters. The van der Waals surface area contributed by atoms with Crippen molar-refractivity contribution >= 4 is 23.7 Å². The van der Waals surface area contributed by atoms with Crippen LogP contribution in [0.2, 0.25) is 0 Å². The van der Waals surface area contributed by atoms with Crippen LogP contribution in [-0.4, -0.2) is 65.6 Å². The van der Waals surface area contributed by atoms with E-state index in [4.69, 9.17) is 9.47 Å². The van der Waals surface area contributed by atoms with E-state index in [1.807, 2.05) is 63.2 Å². The molecule has 35 heavy (non-hydrogen) atoms. The van der Waals surface area contributed by atoms with Crippen molar-refractivity contribution in [2.45, 2.75) is 52.4 Å². The third kappa shape index (κ3) is 8.02. The van der Waals surface area contributed by atoms with E-state index in [0.717, 1.165) is 11.3 Å². The Labute approximate surface area is 207 Å². The molecule has 0 spiro atoms. The minimum atomic E-state index is -0.607. The van der Waals surface area contributed by atoms with Crippen molar-refractivity contribution in [1.82, 2.24) is 9.80 Å². The molecule has 1 fully saturated rings. The average Bonchev–Trinajstić information content (AvgIpc) is 2.82. The second-order valence-electron chi connectivity index (χ2n) is 9.66. The van der Waals surface area contributed by atoms with E-state index < -0.39 is 11.7 Å². The third-order valence-electron chi connectivity index (χ3n) is 5.67. The SMILES string of the molecule is CC(=O)c1ccc(NCC[C@@H]2CN(C(=O)OCc3ccccc3)CCN2C(=O)OC(C)(C)C)cc1. The molecule has 1 saturated heterocycles. The summed E-state index contributed by atoms with van der Waals surface area (Å²) in [7, 11) is 0. The number of benzene rings is 2. The molecule has 1 heterocycles. The summed E-state index contributed by atoms with van der Waals surface area (Å²) >= 11 is 0. The number of anilines is 1. The maximum atomic E-state index is 12.9. The number of nitrogens with zero attached hydrogens (tertiary/aromatic N) is 2. The fourth-order valence-corrected chi connectivity index (χ4v) is 3.85. The summed E-state index contributed by atoms with van der Waals surface area (Å²) < 4.78 is 11.1. The van der Waals surface area contributed by atoms with E-state index >= 15 is 0 Å². The molecule has 2 amide bonds. The topological polar surface area (TPSA) is 88.2 Å². The lowest BCUT2D eigenvalue weighted by atomic mass is 10.1. The summed E-state index contributed by atoms with van der Waals surface area (Å²) in [6.45, 7) is 8.93. The first-order valence-corrected chi connectivity index (χ1v) is 11.9. The highest BCUT2D eigenvalue weighted by Gasteiger charge is 2.35. The number of ketones is 1. The van der Waals surface area contributed by atoms with Crippen LogP contribution < -0.4 is 5.32 Å². The van der Waals surface area contributed by atoms with Crippen molar-refractivity contribution in [3.63, 3.8) is 0 Å². The maximum Gasteiger partial charge on any atom is 0.410 e. The molecule has 8 heteroatoms. The largest absolute Gasteiger partial charge is 0.445 e. The fourth-order valence-electron chi connectivity index (χ4n) is 3.85. The first-order valence-electron chi connectivity index (χ1n) is 11.9. The van der Waals surface area contributed by atoms with Gasteiger partial charge in [0.05, 0.1) is 6.04 Å². The normalized spacial score (nSPS) is 15.9. The summed E-state index contributed by atoms with van der Waals surface area (Å²) in [5, 5.41) is 3.33. The Bertz CT molecular complexity index is 1000. The molecule has 0 aromatic heterocycles. The average molecular weight is 482 g/mol. The number of carbonyl (C=O) groups is 3. The Morgan fingerprint density at radius 2 is 1.66 bits per heavy atom. The molecule has 8 nitrogen and oxygen atoms in total. The van der Waals surface area contributed by atoms with Crippen LogP contribution >= 0.6 is 0 Å². The number of piperazine rings is 1. The zero-order chi connectivity index (χ0) is 25.4. The van der Waals surface area contributed by atoms with Crippen LogP contribution in [0.1, 0.15) is 50.0 Å². The lowest BCUT2D eigenvalue weighted by Gasteiger charge is -2.41. The van der Waals surface area contributed by atoms with Gasteiger partial charge < -0.3 is 24.6 Å². The number of Topliss-reactive ketones (excluding diaryl/α,β-unsaturated/α-hetero) is 1. The van der Waals surface area contributed by atoms with Gasteiger partial charge in [0.15, 0.2) is 5.78 Å². The van der Waals surface area contributed by atoms with Crippen molar-refractivity contribution in [2.24, 2.45) is 0 Å². The van der Waals surface area contributed by atoms with Crippen molar-refractivity contribution in [3.8, 4) is 0 Å². The van der Waals surface area contributed by atoms with Crippen LogP contribution in [0.4, 0.5) is 15.3 Å². The fraction of sp³-hybridized carbons (Fsp3) is 0.444. The molecule has 0 radical (unpaired) electrons. The van der Waals surface area contributed by atoms with E-state index in [9.17, 15) is 14.4 Å². The molecule has 0 bridgehead atoms. The van der Waals surface area contributed by atoms with Gasteiger partial charge in [0, 0.05) is 37.4 Å². The Kier molecular flexibility index (Phi) is 8.73. The molecular weight excluding hydrogens is 446 g/mol. The molecule has 3 rings (SSSR count). The van der Waals surface area contributed by atoms with Crippen LogP contribution in [0, 0.1) is 0 Å². The van der Waals surface area contributed by atoms with E-state index in [2.05, 4.69) is 5.32 Å². The summed E-state index contributed by atoms with van der Waals surface area (Å²) in [6, 6.07) is 16.6. The van der Waals surface area contributed by atoms with Crippen molar-refractivity contribution in [3.05, 3.63) is 65.7 Å². The molecule has 1 N–H and O–H groups in total. The molecule has 2 aromatic carbocycles. The first-order chi connectivity index (χ1) is 16.6. The van der Waals surface area contributed by atoms with Gasteiger partial charge in [-0.05, 0) is 63.9 Å². The predicted molar refractivity (Wildman–Crippen MR) is 134 cm³/mol. The van der Waals surface area contributed by atoms with Gasteiger partial charge >= 0.3 is 12.2 Å². The molecule has 1 aliphatic heterocycles. The number of hydrogen-bond donors (Lipinski definition) is 1. The Hall–Kier alpha value is -3.55. The quantitative estimate of drug-likeness (QED) is 0.563. The number of nitrogens with one attached hydrogen (secondary N) is 1. The molecule has 188 valence electrons. The Balaban J connectivity index is 1.61. The van der Waals surface area contributed by atoms with E-state index in [1.165, 1.54) is 6.92 Å². The molecule has 2 aromatic rings. The second kappa shape index (κ2) is 11.7. The number of carbonyl (C=O) groups excluding carboxylic acids is 3. The summed E-state index contributed by atoms with van der Waals surface area (Å²) in [5.41, 5.74) is 1.85. The summed E-state index contributed by atoms with van der Waals surface area (Å²) in [4.78, 5) is 40.4. The molecule has 0 saturated carbocycles. The van der Waals surface area contributed by atoms with Crippen LogP contribution in [0.5, 0.6) is 0 Å². The summed E-state index contributed by atoms with van der Waals surface area (Å²) in [6.07, 6.45) is -0.169. The Morgan fingerprint density at radius 1 is 0.971 bits per heavy atom. The zero-order valence-electron chi connectivity index (χ0n) is 21.0. The molecule has 1 aliphatic rings. The standard InChI is InChI=1S/C27H35N3O5/c1-20(31)22-10-12-23(13-11-22)28-15-14-24-18-29(16-17-30(24)26(33)35-27(2,3)4)25(32)34-19-21-8-6-5-7-9-21/h5-13,24,28H,14-19H2,1-4H3/t24-/m1/s1. The highest BCUT2D eigenvalue weighted by atomic mass is 16.6. The van der Waals surface area contributed by atoms with Gasteiger partial charge in [-0.15, -0.1) is 0 Å². The van der Waals surface area contributed by atoms with Crippen LogP contribution in [-0.2, 0) is 16.1 Å². The highest BCUT2D eigenvalue weighted by Crippen LogP contribution is 2.19. The lowest BCUT2D eigenvalue weighted by Crippen LogP contribution is -2.57. The van der Waals surface area contributed by atoms with Crippen LogP contribution in [0.15, 0.2) is 54.6 Å². The monoisotopic (exact) mass is 481 g/mol. The van der Waals surface area contributed by atoms with Gasteiger partial charge in [-0.3, -0.25) is 4.79 Å². The Morgan fingerprint density at radius 3 is 2.29 bits per heavy atom. The molecule has 0 aliphatic carbocycles. The van der Waals surface area contributed by atoms with E-state index in [-0.39, 0.29) is 24.5 Å². The third-order valence-corrected chi connectivity index (χ3v) is 5.67. The second-order valence-corrected chi connectivity index (χ2v) is 9.66. The predicted octanol–water partition coefficient (Wildman–Crippen LogP) is 4.95. The zero-order valence-corrected chi connectivity index (χ0v) is 21.0. The summed E-state index contributed by atoms with van der Waals surface area (Å²) in [5.74, 6) is 0.0194. The molecular formula is C27H35N3O5. The van der Waals surface area contributed by atoms with Crippen molar-refractivity contribution in [1.29, 1.82) is 0 Å². The van der Waals surface area contributed by atoms with Gasteiger partial charge in [-0.2, -0.15) is 0 Å². The van der Waals surface area contributed by atoms with Gasteiger partial charge in [-0.1, -0.05) is 30.3 Å². The number of amides is 2. The van der Waals surface area contributed by atoms with Gasteiger partial charge in [-0.25, -0.2) is 9.59 Å². The number of ether oxygens (including phenoxy) is 2. The van der Waals surface area contributed by atoms with Crippen molar-refractivity contribution in [2.75, 3.05) is 31.5 Å². The lowest BCUT2D eigenvalue weighted by molar-refractivity contribution is -0.00387. The number of rotatable bonds is 7. The number of hydrogen-bond acceptors (Lipinski definition) is 6. The van der Waals surface area contributed by atoms with Crippen LogP contribution in [0.3, 0.4) is 0 Å². The maximum absolute atomic E-state index is 12.9. The van der Waals surface area contributed by atoms with Gasteiger partial charge in [0.2, 0.25) is 0 Å².